The molecule has 0 bridgehead atoms. The molecule has 2 atom stereocenters. The van der Waals surface area contributed by atoms with Crippen LogP contribution < -0.4 is 9.47 Å². The number of likely N-dealkylation sites (N-methyl/N-ethyl adjacent to an activating group) is 1. The number of ether oxygens (including phenoxy) is 2. The molecule has 2 aromatic rings. The first-order valence-corrected chi connectivity index (χ1v) is 8.63. The second kappa shape index (κ2) is 7.27. The van der Waals surface area contributed by atoms with Crippen LogP contribution in [0.2, 0.25) is 0 Å². The van der Waals surface area contributed by atoms with E-state index in [1.54, 1.807) is 14.2 Å². The molecule has 128 valence electrons. The molecule has 0 amide bonds. The number of fused-ring (bicyclic) bond motifs is 1. The highest BCUT2D eigenvalue weighted by Crippen LogP contribution is 2.41. The van der Waals surface area contributed by atoms with Gasteiger partial charge in [-0.1, -0.05) is 37.3 Å². The highest BCUT2D eigenvalue weighted by atomic mass is 16.5. The third-order valence-electron chi connectivity index (χ3n) is 5.11. The van der Waals surface area contributed by atoms with E-state index in [2.05, 4.69) is 61.3 Å². The summed E-state index contributed by atoms with van der Waals surface area (Å²) in [5, 5.41) is 0. The van der Waals surface area contributed by atoms with Crippen molar-refractivity contribution in [2.24, 2.45) is 5.92 Å². The predicted molar refractivity (Wildman–Crippen MR) is 97.9 cm³/mol. The standard InChI is InChI=1S/C21H27NO2/c1-15(12-16-8-6-5-7-9-16)21-18-14-20(24-4)19(23-3)13-17(18)10-11-22(21)2/h5-9,13-15,21H,10-12H2,1-4H3/t15-,21-/m0/s1. The van der Waals surface area contributed by atoms with Crippen molar-refractivity contribution in [2.75, 3.05) is 27.8 Å². The van der Waals surface area contributed by atoms with Gasteiger partial charge in [0.1, 0.15) is 0 Å². The largest absolute Gasteiger partial charge is 0.493 e. The van der Waals surface area contributed by atoms with Gasteiger partial charge in [-0.15, -0.1) is 0 Å². The zero-order valence-electron chi connectivity index (χ0n) is 15.1. The van der Waals surface area contributed by atoms with Crippen LogP contribution in [0, 0.1) is 5.92 Å². The molecule has 1 aliphatic rings. The average molecular weight is 325 g/mol. The summed E-state index contributed by atoms with van der Waals surface area (Å²) in [6.45, 7) is 3.42. The van der Waals surface area contributed by atoms with E-state index in [0.717, 1.165) is 30.9 Å². The molecule has 24 heavy (non-hydrogen) atoms. The molecule has 0 radical (unpaired) electrons. The van der Waals surface area contributed by atoms with E-state index in [9.17, 15) is 0 Å². The van der Waals surface area contributed by atoms with Crippen LogP contribution in [0.4, 0.5) is 0 Å². The fraction of sp³-hybridized carbons (Fsp3) is 0.429. The fourth-order valence-electron chi connectivity index (χ4n) is 3.94. The van der Waals surface area contributed by atoms with Crippen LogP contribution in [0.3, 0.4) is 0 Å². The topological polar surface area (TPSA) is 21.7 Å². The normalized spacial score (nSPS) is 18.8. The van der Waals surface area contributed by atoms with Gasteiger partial charge in [-0.05, 0) is 54.6 Å². The fourth-order valence-corrected chi connectivity index (χ4v) is 3.94. The zero-order valence-corrected chi connectivity index (χ0v) is 15.1. The van der Waals surface area contributed by atoms with E-state index in [1.165, 1.54) is 16.7 Å². The number of rotatable bonds is 5. The SMILES string of the molecule is COc1cc2c(cc1OC)[C@H]([C@@H](C)Cc1ccccc1)N(C)CC2. The molecule has 0 aliphatic carbocycles. The Morgan fingerprint density at radius 2 is 1.75 bits per heavy atom. The third-order valence-corrected chi connectivity index (χ3v) is 5.11. The lowest BCUT2D eigenvalue weighted by Gasteiger charge is -2.39. The molecule has 0 unspecified atom stereocenters. The van der Waals surface area contributed by atoms with E-state index >= 15 is 0 Å². The van der Waals surface area contributed by atoms with Crippen LogP contribution in [-0.4, -0.2) is 32.7 Å². The number of nitrogens with zero attached hydrogens (tertiary/aromatic N) is 1. The molecule has 1 aliphatic heterocycles. The maximum absolute atomic E-state index is 5.54. The van der Waals surface area contributed by atoms with Gasteiger partial charge in [-0.25, -0.2) is 0 Å². The summed E-state index contributed by atoms with van der Waals surface area (Å²) in [6, 6.07) is 15.5. The molecule has 3 nitrogen and oxygen atoms in total. The highest BCUT2D eigenvalue weighted by molar-refractivity contribution is 5.49. The van der Waals surface area contributed by atoms with Crippen molar-refractivity contribution in [3.05, 3.63) is 59.2 Å². The summed E-state index contributed by atoms with van der Waals surface area (Å²) in [6.07, 6.45) is 2.13. The summed E-state index contributed by atoms with van der Waals surface area (Å²) in [5.41, 5.74) is 4.16. The van der Waals surface area contributed by atoms with Crippen LogP contribution in [0.25, 0.3) is 0 Å². The van der Waals surface area contributed by atoms with Gasteiger partial charge in [-0.3, -0.25) is 4.90 Å². The molecule has 0 spiro atoms. The van der Waals surface area contributed by atoms with Crippen molar-refractivity contribution in [1.29, 1.82) is 0 Å². The van der Waals surface area contributed by atoms with Gasteiger partial charge in [-0.2, -0.15) is 0 Å². The number of methoxy groups -OCH3 is 2. The summed E-state index contributed by atoms with van der Waals surface area (Å²) >= 11 is 0. The van der Waals surface area contributed by atoms with Gasteiger partial charge in [0.05, 0.1) is 14.2 Å². The summed E-state index contributed by atoms with van der Waals surface area (Å²) in [7, 11) is 5.64. The van der Waals surface area contributed by atoms with Crippen LogP contribution in [0.15, 0.2) is 42.5 Å². The van der Waals surface area contributed by atoms with Crippen molar-refractivity contribution >= 4 is 0 Å². The van der Waals surface area contributed by atoms with E-state index in [-0.39, 0.29) is 0 Å². The molecule has 0 saturated heterocycles. The number of hydrogen-bond donors (Lipinski definition) is 0. The Morgan fingerprint density at radius 3 is 2.42 bits per heavy atom. The first-order valence-electron chi connectivity index (χ1n) is 8.63. The quantitative estimate of drug-likeness (QED) is 0.826. The van der Waals surface area contributed by atoms with E-state index in [1.807, 2.05) is 0 Å². The Kier molecular flexibility index (Phi) is 5.10. The van der Waals surface area contributed by atoms with Crippen molar-refractivity contribution in [3.8, 4) is 11.5 Å². The smallest absolute Gasteiger partial charge is 0.161 e. The minimum atomic E-state index is 0.397. The average Bonchev–Trinajstić information content (AvgIpc) is 2.61. The minimum absolute atomic E-state index is 0.397. The van der Waals surface area contributed by atoms with Gasteiger partial charge in [0.15, 0.2) is 11.5 Å². The number of hydrogen-bond acceptors (Lipinski definition) is 3. The molecule has 0 saturated carbocycles. The van der Waals surface area contributed by atoms with Gasteiger partial charge >= 0.3 is 0 Å². The van der Waals surface area contributed by atoms with Crippen LogP contribution in [-0.2, 0) is 12.8 Å². The van der Waals surface area contributed by atoms with Gasteiger partial charge < -0.3 is 9.47 Å². The van der Waals surface area contributed by atoms with E-state index in [4.69, 9.17) is 9.47 Å². The second-order valence-corrected chi connectivity index (χ2v) is 6.75. The van der Waals surface area contributed by atoms with Crippen molar-refractivity contribution in [1.82, 2.24) is 4.90 Å². The predicted octanol–water partition coefficient (Wildman–Crippen LogP) is 4.11. The van der Waals surface area contributed by atoms with Crippen LogP contribution in [0.5, 0.6) is 11.5 Å². The molecule has 2 aromatic carbocycles. The second-order valence-electron chi connectivity index (χ2n) is 6.75. The molecule has 3 rings (SSSR count). The van der Waals surface area contributed by atoms with E-state index < -0.39 is 0 Å². The van der Waals surface area contributed by atoms with Crippen molar-refractivity contribution in [2.45, 2.75) is 25.8 Å². The van der Waals surface area contributed by atoms with Gasteiger partial charge in [0.2, 0.25) is 0 Å². The van der Waals surface area contributed by atoms with Gasteiger partial charge in [0, 0.05) is 12.6 Å². The molecule has 3 heteroatoms. The summed E-state index contributed by atoms with van der Waals surface area (Å²) in [4.78, 5) is 2.47. The highest BCUT2D eigenvalue weighted by Gasteiger charge is 2.30. The van der Waals surface area contributed by atoms with E-state index in [0.29, 0.717) is 12.0 Å². The lowest BCUT2D eigenvalue weighted by atomic mass is 9.82. The molecule has 0 aromatic heterocycles. The molecular weight excluding hydrogens is 298 g/mol. The molecule has 0 N–H and O–H groups in total. The van der Waals surface area contributed by atoms with Crippen LogP contribution in [0.1, 0.15) is 29.7 Å². The Hall–Kier alpha value is -2.00. The Bertz CT molecular complexity index is 684. The molecule has 0 fully saturated rings. The number of benzene rings is 2. The summed E-state index contributed by atoms with van der Waals surface area (Å²) < 4.78 is 11.0. The zero-order chi connectivity index (χ0) is 17.1. The first kappa shape index (κ1) is 16.8. The maximum Gasteiger partial charge on any atom is 0.161 e. The Balaban J connectivity index is 1.94. The lowest BCUT2D eigenvalue weighted by molar-refractivity contribution is 0.171. The van der Waals surface area contributed by atoms with Crippen LogP contribution >= 0.6 is 0 Å². The lowest BCUT2D eigenvalue weighted by Crippen LogP contribution is -2.36. The molecule has 1 heterocycles. The van der Waals surface area contributed by atoms with Crippen molar-refractivity contribution < 1.29 is 9.47 Å². The first-order chi connectivity index (χ1) is 11.6. The molecular formula is C21H27NO2. The Morgan fingerprint density at radius 1 is 1.08 bits per heavy atom. The third kappa shape index (κ3) is 3.27. The van der Waals surface area contributed by atoms with Crippen molar-refractivity contribution in [3.63, 3.8) is 0 Å². The van der Waals surface area contributed by atoms with Gasteiger partial charge in [0.25, 0.3) is 0 Å². The minimum Gasteiger partial charge on any atom is -0.493 e. The Labute approximate surface area is 145 Å². The monoisotopic (exact) mass is 325 g/mol. The summed E-state index contributed by atoms with van der Waals surface area (Å²) in [5.74, 6) is 2.17. The maximum atomic E-state index is 5.54.